The molecule has 0 aromatic heterocycles. The largest absolute Gasteiger partial charge is 0.352 e. The number of carbonyl (C=O) groups excluding carboxylic acids is 2. The Morgan fingerprint density at radius 3 is 2.44 bits per heavy atom. The Hall–Kier alpha value is -2.69. The molecular weight excluding hydrogens is 319 g/mol. The molecular formula is C20H21FN2O2. The monoisotopic (exact) mass is 340 g/mol. The van der Waals surface area contributed by atoms with E-state index in [2.05, 4.69) is 11.4 Å². The minimum absolute atomic E-state index is 0.0352. The fourth-order valence-electron chi connectivity index (χ4n) is 3.17. The lowest BCUT2D eigenvalue weighted by Gasteiger charge is -2.18. The number of rotatable bonds is 4. The van der Waals surface area contributed by atoms with Gasteiger partial charge in [0.1, 0.15) is 5.82 Å². The molecule has 2 aromatic rings. The van der Waals surface area contributed by atoms with Gasteiger partial charge in [-0.3, -0.25) is 9.59 Å². The van der Waals surface area contributed by atoms with Crippen molar-refractivity contribution in [2.75, 3.05) is 11.4 Å². The second-order valence-electron chi connectivity index (χ2n) is 6.60. The summed E-state index contributed by atoms with van der Waals surface area (Å²) < 4.78 is 12.9. The Balaban J connectivity index is 1.63. The number of hydrogen-bond acceptors (Lipinski definition) is 2. The predicted molar refractivity (Wildman–Crippen MR) is 94.6 cm³/mol. The van der Waals surface area contributed by atoms with E-state index in [0.717, 1.165) is 22.4 Å². The van der Waals surface area contributed by atoms with Crippen molar-refractivity contribution in [3.8, 4) is 0 Å². The van der Waals surface area contributed by atoms with Gasteiger partial charge in [0, 0.05) is 25.2 Å². The van der Waals surface area contributed by atoms with E-state index in [1.165, 1.54) is 12.1 Å². The molecule has 2 amide bonds. The molecule has 0 saturated carbocycles. The van der Waals surface area contributed by atoms with Gasteiger partial charge in [0.2, 0.25) is 11.8 Å². The summed E-state index contributed by atoms with van der Waals surface area (Å²) in [6, 6.07) is 12.0. The smallest absolute Gasteiger partial charge is 0.227 e. The van der Waals surface area contributed by atoms with Gasteiger partial charge in [0.15, 0.2) is 0 Å². The molecule has 0 aliphatic carbocycles. The second kappa shape index (κ2) is 7.05. The maximum atomic E-state index is 12.9. The van der Waals surface area contributed by atoms with Crippen LogP contribution >= 0.6 is 0 Å². The molecule has 2 aromatic carbocycles. The number of anilines is 1. The summed E-state index contributed by atoms with van der Waals surface area (Å²) in [5.74, 6) is -0.856. The third-order valence-electron chi connectivity index (χ3n) is 4.39. The number of halogens is 1. The highest BCUT2D eigenvalue weighted by molar-refractivity contribution is 6.00. The van der Waals surface area contributed by atoms with E-state index in [0.29, 0.717) is 13.1 Å². The first-order valence-corrected chi connectivity index (χ1v) is 8.33. The zero-order valence-electron chi connectivity index (χ0n) is 14.4. The van der Waals surface area contributed by atoms with Crippen LogP contribution in [0.2, 0.25) is 0 Å². The molecule has 3 rings (SSSR count). The molecule has 0 unspecified atom stereocenters. The lowest BCUT2D eigenvalue weighted by Crippen LogP contribution is -2.32. The first-order valence-electron chi connectivity index (χ1n) is 8.33. The molecule has 1 aliphatic heterocycles. The molecule has 130 valence electrons. The molecule has 1 atom stereocenters. The van der Waals surface area contributed by atoms with Crippen LogP contribution in [0.1, 0.15) is 23.1 Å². The molecule has 0 radical (unpaired) electrons. The van der Waals surface area contributed by atoms with Crippen LogP contribution in [0.25, 0.3) is 0 Å². The van der Waals surface area contributed by atoms with E-state index in [-0.39, 0.29) is 30.0 Å². The Morgan fingerprint density at radius 1 is 1.16 bits per heavy atom. The quantitative estimate of drug-likeness (QED) is 0.930. The molecule has 25 heavy (non-hydrogen) atoms. The van der Waals surface area contributed by atoms with E-state index >= 15 is 0 Å². The number of nitrogens with one attached hydrogen (secondary N) is 1. The topological polar surface area (TPSA) is 49.4 Å². The van der Waals surface area contributed by atoms with Gasteiger partial charge in [-0.05, 0) is 54.8 Å². The highest BCUT2D eigenvalue weighted by Gasteiger charge is 2.35. The zero-order valence-corrected chi connectivity index (χ0v) is 14.4. The second-order valence-corrected chi connectivity index (χ2v) is 6.60. The Labute approximate surface area is 146 Å². The van der Waals surface area contributed by atoms with Crippen molar-refractivity contribution in [3.05, 3.63) is 65.0 Å². The van der Waals surface area contributed by atoms with E-state index in [9.17, 15) is 14.0 Å². The summed E-state index contributed by atoms with van der Waals surface area (Å²) in [4.78, 5) is 26.4. The molecule has 0 spiro atoms. The summed E-state index contributed by atoms with van der Waals surface area (Å²) >= 11 is 0. The van der Waals surface area contributed by atoms with Crippen LogP contribution in [0.15, 0.2) is 42.5 Å². The van der Waals surface area contributed by atoms with Crippen molar-refractivity contribution >= 4 is 17.5 Å². The molecule has 1 fully saturated rings. The van der Waals surface area contributed by atoms with Crippen molar-refractivity contribution in [3.63, 3.8) is 0 Å². The average Bonchev–Trinajstić information content (AvgIpc) is 2.95. The molecule has 1 saturated heterocycles. The number of carbonyl (C=O) groups is 2. The average molecular weight is 340 g/mol. The number of hydrogen-bond donors (Lipinski definition) is 1. The van der Waals surface area contributed by atoms with Crippen LogP contribution in [0, 0.1) is 25.6 Å². The molecule has 1 aliphatic rings. The van der Waals surface area contributed by atoms with Crippen molar-refractivity contribution in [1.29, 1.82) is 0 Å². The number of benzene rings is 2. The van der Waals surface area contributed by atoms with E-state index in [4.69, 9.17) is 0 Å². The van der Waals surface area contributed by atoms with Crippen LogP contribution in [0.3, 0.4) is 0 Å². The van der Waals surface area contributed by atoms with Crippen LogP contribution in [-0.4, -0.2) is 18.4 Å². The lowest BCUT2D eigenvalue weighted by molar-refractivity contribution is -0.126. The zero-order chi connectivity index (χ0) is 18.0. The van der Waals surface area contributed by atoms with Crippen LogP contribution in [0.4, 0.5) is 10.1 Å². The molecule has 4 nitrogen and oxygen atoms in total. The Kier molecular flexibility index (Phi) is 4.83. The molecule has 1 heterocycles. The summed E-state index contributed by atoms with van der Waals surface area (Å²) in [6.45, 7) is 4.69. The van der Waals surface area contributed by atoms with Gasteiger partial charge in [0.25, 0.3) is 0 Å². The normalized spacial score (nSPS) is 17.0. The third kappa shape index (κ3) is 4.05. The number of aryl methyl sites for hydroxylation is 2. The molecule has 1 N–H and O–H groups in total. The standard InChI is InChI=1S/C20H21FN2O2/c1-13-7-14(2)9-18(8-13)23-12-16(10-19(23)24)20(25)22-11-15-3-5-17(21)6-4-15/h3-9,16H,10-12H2,1-2H3,(H,22,25)/t16-/m0/s1. The van der Waals surface area contributed by atoms with Gasteiger partial charge in [-0.2, -0.15) is 0 Å². The molecule has 5 heteroatoms. The highest BCUT2D eigenvalue weighted by Crippen LogP contribution is 2.27. The minimum atomic E-state index is -0.367. The number of nitrogens with zero attached hydrogens (tertiary/aromatic N) is 1. The van der Waals surface area contributed by atoms with Gasteiger partial charge in [-0.1, -0.05) is 18.2 Å². The predicted octanol–water partition coefficient (Wildman–Crippen LogP) is 3.11. The van der Waals surface area contributed by atoms with Gasteiger partial charge >= 0.3 is 0 Å². The fourth-order valence-corrected chi connectivity index (χ4v) is 3.17. The molecule has 0 bridgehead atoms. The summed E-state index contributed by atoms with van der Waals surface area (Å²) in [5.41, 5.74) is 3.85. The van der Waals surface area contributed by atoms with E-state index in [1.807, 2.05) is 26.0 Å². The summed E-state index contributed by atoms with van der Waals surface area (Å²) in [5, 5.41) is 2.84. The van der Waals surface area contributed by atoms with Gasteiger partial charge in [-0.15, -0.1) is 0 Å². The van der Waals surface area contributed by atoms with Crippen LogP contribution in [0.5, 0.6) is 0 Å². The van der Waals surface area contributed by atoms with Gasteiger partial charge in [-0.25, -0.2) is 4.39 Å². The van der Waals surface area contributed by atoms with Crippen molar-refractivity contribution in [2.24, 2.45) is 5.92 Å². The first-order chi connectivity index (χ1) is 11.9. The Morgan fingerprint density at radius 2 is 1.80 bits per heavy atom. The first kappa shape index (κ1) is 17.1. The van der Waals surface area contributed by atoms with Gasteiger partial charge < -0.3 is 10.2 Å². The van der Waals surface area contributed by atoms with Crippen molar-refractivity contribution < 1.29 is 14.0 Å². The summed E-state index contributed by atoms with van der Waals surface area (Å²) in [7, 11) is 0. The van der Waals surface area contributed by atoms with E-state index in [1.54, 1.807) is 17.0 Å². The van der Waals surface area contributed by atoms with Crippen molar-refractivity contribution in [1.82, 2.24) is 5.32 Å². The van der Waals surface area contributed by atoms with Crippen LogP contribution in [-0.2, 0) is 16.1 Å². The summed E-state index contributed by atoms with van der Waals surface area (Å²) in [6.07, 6.45) is 0.211. The van der Waals surface area contributed by atoms with Gasteiger partial charge in [0.05, 0.1) is 5.92 Å². The number of amides is 2. The van der Waals surface area contributed by atoms with E-state index < -0.39 is 0 Å². The third-order valence-corrected chi connectivity index (χ3v) is 4.39. The van der Waals surface area contributed by atoms with Crippen LogP contribution < -0.4 is 10.2 Å². The fraction of sp³-hybridized carbons (Fsp3) is 0.300. The maximum Gasteiger partial charge on any atom is 0.227 e. The minimum Gasteiger partial charge on any atom is -0.352 e. The maximum absolute atomic E-state index is 12.9. The Bertz CT molecular complexity index is 782. The SMILES string of the molecule is Cc1cc(C)cc(N2C[C@@H](C(=O)NCc3ccc(F)cc3)CC2=O)c1. The van der Waals surface area contributed by atoms with Crippen molar-refractivity contribution in [2.45, 2.75) is 26.8 Å². The lowest BCUT2D eigenvalue weighted by atomic mass is 10.1. The highest BCUT2D eigenvalue weighted by atomic mass is 19.1.